The third kappa shape index (κ3) is 4.39. The predicted octanol–water partition coefficient (Wildman–Crippen LogP) is 0.262. The molecule has 82 valence electrons. The van der Waals surface area contributed by atoms with Crippen LogP contribution in [0.15, 0.2) is 0 Å². The molecule has 0 radical (unpaired) electrons. The van der Waals surface area contributed by atoms with Gasteiger partial charge in [-0.3, -0.25) is 4.79 Å². The fourth-order valence-electron chi connectivity index (χ4n) is 1.42. The van der Waals surface area contributed by atoms with Gasteiger partial charge in [0.2, 0.25) is 5.24 Å². The second-order valence-electron chi connectivity index (χ2n) is 3.45. The van der Waals surface area contributed by atoms with Crippen molar-refractivity contribution in [3.05, 3.63) is 0 Å². The van der Waals surface area contributed by atoms with Crippen molar-refractivity contribution >= 4 is 26.7 Å². The second kappa shape index (κ2) is 5.09. The number of halogens is 1. The van der Waals surface area contributed by atoms with E-state index in [1.807, 2.05) is 0 Å². The molecule has 0 unspecified atom stereocenters. The molecule has 14 heavy (non-hydrogen) atoms. The Morgan fingerprint density at radius 2 is 1.86 bits per heavy atom. The van der Waals surface area contributed by atoms with Crippen molar-refractivity contribution < 1.29 is 13.2 Å². The van der Waals surface area contributed by atoms with Gasteiger partial charge in [-0.15, -0.1) is 0 Å². The van der Waals surface area contributed by atoms with Crippen molar-refractivity contribution in [2.24, 2.45) is 0 Å². The van der Waals surface area contributed by atoms with Gasteiger partial charge in [0.25, 0.3) is 0 Å². The van der Waals surface area contributed by atoms with Crippen LogP contribution >= 0.6 is 11.6 Å². The first-order chi connectivity index (χ1) is 6.49. The SMILES string of the molecule is O=C(Cl)CCCN1CCS(=O)(=O)CC1. The standard InChI is InChI=1S/C8H14ClNO3S/c9-8(11)2-1-3-10-4-6-14(12,13)7-5-10/h1-7H2. The van der Waals surface area contributed by atoms with Crippen LogP contribution in [-0.2, 0) is 14.6 Å². The van der Waals surface area contributed by atoms with Crippen LogP contribution < -0.4 is 0 Å². The van der Waals surface area contributed by atoms with Crippen molar-refractivity contribution in [1.29, 1.82) is 0 Å². The Labute approximate surface area is 89.1 Å². The molecule has 1 fully saturated rings. The molecule has 0 saturated carbocycles. The van der Waals surface area contributed by atoms with Gasteiger partial charge in [0, 0.05) is 19.5 Å². The maximum atomic E-state index is 11.1. The minimum Gasteiger partial charge on any atom is -0.301 e. The third-order valence-electron chi connectivity index (χ3n) is 2.28. The summed E-state index contributed by atoms with van der Waals surface area (Å²) >= 11 is 5.19. The highest BCUT2D eigenvalue weighted by Gasteiger charge is 2.20. The Kier molecular flexibility index (Phi) is 4.34. The largest absolute Gasteiger partial charge is 0.301 e. The molecule has 0 atom stereocenters. The molecule has 0 N–H and O–H groups in total. The number of rotatable bonds is 4. The minimum atomic E-state index is -2.79. The number of hydrogen-bond acceptors (Lipinski definition) is 4. The van der Waals surface area contributed by atoms with Gasteiger partial charge in [0.05, 0.1) is 11.5 Å². The van der Waals surface area contributed by atoms with Gasteiger partial charge >= 0.3 is 0 Å². The molecule has 1 heterocycles. The lowest BCUT2D eigenvalue weighted by atomic mass is 10.3. The summed E-state index contributed by atoms with van der Waals surface area (Å²) in [6.45, 7) is 1.92. The van der Waals surface area contributed by atoms with Gasteiger partial charge in [-0.05, 0) is 24.6 Å². The Balaban J connectivity index is 2.19. The normalized spacial score (nSPS) is 22.1. The van der Waals surface area contributed by atoms with Crippen molar-refractivity contribution in [3.63, 3.8) is 0 Å². The van der Waals surface area contributed by atoms with Crippen molar-refractivity contribution in [3.8, 4) is 0 Å². The fraction of sp³-hybridized carbons (Fsp3) is 0.875. The van der Waals surface area contributed by atoms with Crippen molar-refractivity contribution in [1.82, 2.24) is 4.90 Å². The van der Waals surface area contributed by atoms with E-state index in [0.29, 0.717) is 25.9 Å². The maximum absolute atomic E-state index is 11.1. The predicted molar refractivity (Wildman–Crippen MR) is 55.2 cm³/mol. The lowest BCUT2D eigenvalue weighted by Gasteiger charge is -2.26. The molecule has 6 heteroatoms. The van der Waals surface area contributed by atoms with Gasteiger partial charge in [0.1, 0.15) is 0 Å². The highest BCUT2D eigenvalue weighted by Crippen LogP contribution is 2.05. The van der Waals surface area contributed by atoms with Crippen molar-refractivity contribution in [2.45, 2.75) is 12.8 Å². The molecule has 0 aromatic rings. The molecule has 0 spiro atoms. The number of carbonyl (C=O) groups is 1. The van der Waals surface area contributed by atoms with E-state index in [0.717, 1.165) is 6.54 Å². The quantitative estimate of drug-likeness (QED) is 0.661. The Bertz CT molecular complexity index is 288. The fourth-order valence-corrected chi connectivity index (χ4v) is 2.83. The van der Waals surface area contributed by atoms with E-state index in [1.165, 1.54) is 0 Å². The molecule has 1 rings (SSSR count). The zero-order chi connectivity index (χ0) is 10.6. The van der Waals surface area contributed by atoms with Crippen LogP contribution in [0.4, 0.5) is 0 Å². The van der Waals surface area contributed by atoms with Crippen LogP contribution in [-0.4, -0.2) is 49.7 Å². The Hall–Kier alpha value is -0.130. The van der Waals surface area contributed by atoms with Crippen LogP contribution in [0.1, 0.15) is 12.8 Å². The number of nitrogens with zero attached hydrogens (tertiary/aromatic N) is 1. The van der Waals surface area contributed by atoms with E-state index < -0.39 is 9.84 Å². The molecule has 0 aliphatic carbocycles. The van der Waals surface area contributed by atoms with E-state index in [4.69, 9.17) is 11.6 Å². The summed E-state index contributed by atoms with van der Waals surface area (Å²) in [4.78, 5) is 12.5. The lowest BCUT2D eigenvalue weighted by Crippen LogP contribution is -2.40. The maximum Gasteiger partial charge on any atom is 0.221 e. The molecule has 1 saturated heterocycles. The molecular formula is C8H14ClNO3S. The summed E-state index contributed by atoms with van der Waals surface area (Å²) in [6.07, 6.45) is 1.08. The molecule has 0 amide bonds. The van der Waals surface area contributed by atoms with Gasteiger partial charge < -0.3 is 4.90 Å². The second-order valence-corrected chi connectivity index (χ2v) is 6.18. The van der Waals surface area contributed by atoms with Gasteiger partial charge in [-0.25, -0.2) is 8.42 Å². The summed E-state index contributed by atoms with van der Waals surface area (Å²) in [5.74, 6) is 0.476. The molecule has 1 aliphatic heterocycles. The Morgan fingerprint density at radius 3 is 2.36 bits per heavy atom. The van der Waals surface area contributed by atoms with Crippen LogP contribution in [0.2, 0.25) is 0 Å². The van der Waals surface area contributed by atoms with Gasteiger partial charge in [-0.2, -0.15) is 0 Å². The summed E-state index contributed by atoms with van der Waals surface area (Å²) in [7, 11) is -2.79. The minimum absolute atomic E-state index is 0.238. The first-order valence-corrected chi connectivity index (χ1v) is 6.81. The van der Waals surface area contributed by atoms with E-state index >= 15 is 0 Å². The monoisotopic (exact) mass is 239 g/mol. The average Bonchev–Trinajstić information content (AvgIpc) is 2.07. The van der Waals surface area contributed by atoms with E-state index in [-0.39, 0.29) is 16.7 Å². The molecule has 0 aromatic heterocycles. The molecular weight excluding hydrogens is 226 g/mol. The highest BCUT2D eigenvalue weighted by molar-refractivity contribution is 7.91. The number of hydrogen-bond donors (Lipinski definition) is 0. The van der Waals surface area contributed by atoms with Crippen LogP contribution in [0.5, 0.6) is 0 Å². The topological polar surface area (TPSA) is 54.5 Å². The average molecular weight is 240 g/mol. The Morgan fingerprint density at radius 1 is 1.29 bits per heavy atom. The molecule has 0 aromatic carbocycles. The first kappa shape index (κ1) is 11.9. The third-order valence-corrected chi connectivity index (χ3v) is 4.08. The number of sulfone groups is 1. The van der Waals surface area contributed by atoms with Gasteiger partial charge in [-0.1, -0.05) is 0 Å². The number of carbonyl (C=O) groups excluding carboxylic acids is 1. The van der Waals surface area contributed by atoms with Gasteiger partial charge in [0.15, 0.2) is 9.84 Å². The zero-order valence-electron chi connectivity index (χ0n) is 7.91. The van der Waals surface area contributed by atoms with Crippen molar-refractivity contribution in [2.75, 3.05) is 31.1 Å². The summed E-state index contributed by atoms with van der Waals surface area (Å²) in [6, 6.07) is 0. The summed E-state index contributed by atoms with van der Waals surface area (Å²) in [5.41, 5.74) is 0. The molecule has 4 nitrogen and oxygen atoms in total. The first-order valence-electron chi connectivity index (χ1n) is 4.61. The van der Waals surface area contributed by atoms with Crippen LogP contribution in [0.25, 0.3) is 0 Å². The van der Waals surface area contributed by atoms with E-state index in [2.05, 4.69) is 4.90 Å². The van der Waals surface area contributed by atoms with E-state index in [1.54, 1.807) is 0 Å². The highest BCUT2D eigenvalue weighted by atomic mass is 35.5. The smallest absolute Gasteiger partial charge is 0.221 e. The summed E-state index contributed by atoms with van der Waals surface area (Å²) in [5, 5.41) is -0.324. The van der Waals surface area contributed by atoms with Crippen LogP contribution in [0.3, 0.4) is 0 Å². The summed E-state index contributed by atoms with van der Waals surface area (Å²) < 4.78 is 22.2. The lowest BCUT2D eigenvalue weighted by molar-refractivity contribution is -0.111. The molecule has 0 bridgehead atoms. The van der Waals surface area contributed by atoms with Crippen LogP contribution in [0, 0.1) is 0 Å². The molecule has 1 aliphatic rings. The zero-order valence-corrected chi connectivity index (χ0v) is 9.48. The van der Waals surface area contributed by atoms with E-state index in [9.17, 15) is 13.2 Å².